The fourth-order valence-corrected chi connectivity index (χ4v) is 1.17. The van der Waals surface area contributed by atoms with Gasteiger partial charge in [-0.1, -0.05) is 12.1 Å². The molecule has 1 aromatic carbocycles. The van der Waals surface area contributed by atoms with E-state index in [0.29, 0.717) is 5.56 Å². The number of benzene rings is 1. The Hall–Kier alpha value is -1.06. The van der Waals surface area contributed by atoms with Crippen molar-refractivity contribution in [3.05, 3.63) is 35.4 Å². The molecule has 0 amide bonds. The van der Waals surface area contributed by atoms with Crippen molar-refractivity contribution in [1.29, 1.82) is 0 Å². The van der Waals surface area contributed by atoms with Crippen LogP contribution in [0.4, 0.5) is 0 Å². The van der Waals surface area contributed by atoms with Gasteiger partial charge in [-0.2, -0.15) is 0 Å². The fourth-order valence-electron chi connectivity index (χ4n) is 1.17. The first kappa shape index (κ1) is 12.9. The highest BCUT2D eigenvalue weighted by atomic mass is 35.5. The van der Waals surface area contributed by atoms with Crippen LogP contribution in [-0.2, 0) is 6.54 Å². The summed E-state index contributed by atoms with van der Waals surface area (Å²) in [6.07, 6.45) is 0. The van der Waals surface area contributed by atoms with Crippen molar-refractivity contribution < 1.29 is 9.90 Å². The van der Waals surface area contributed by atoms with Crippen molar-refractivity contribution in [3.63, 3.8) is 0 Å². The first-order chi connectivity index (χ1) is 6.09. The topological polar surface area (TPSA) is 40.5 Å². The highest BCUT2D eigenvalue weighted by molar-refractivity contribution is 5.87. The highest BCUT2D eigenvalue weighted by Crippen LogP contribution is 2.06. The van der Waals surface area contributed by atoms with Gasteiger partial charge in [0, 0.05) is 6.54 Å². The van der Waals surface area contributed by atoms with Gasteiger partial charge >= 0.3 is 5.97 Å². The van der Waals surface area contributed by atoms with Gasteiger partial charge in [0.2, 0.25) is 0 Å². The summed E-state index contributed by atoms with van der Waals surface area (Å²) in [5.74, 6) is -0.874. The minimum atomic E-state index is -0.874. The molecular weight excluding hydrogens is 202 g/mol. The maximum Gasteiger partial charge on any atom is 0.335 e. The van der Waals surface area contributed by atoms with Crippen molar-refractivity contribution in [2.24, 2.45) is 0 Å². The van der Waals surface area contributed by atoms with Gasteiger partial charge in [0.15, 0.2) is 0 Å². The SMILES string of the molecule is CN(C)Cc1cccc(C(=O)O)c1.Cl. The minimum Gasteiger partial charge on any atom is -0.478 e. The molecular formula is C10H14ClNO2. The predicted octanol–water partition coefficient (Wildman–Crippen LogP) is 1.87. The zero-order valence-electron chi connectivity index (χ0n) is 8.23. The van der Waals surface area contributed by atoms with Crippen LogP contribution >= 0.6 is 12.4 Å². The Kier molecular flexibility index (Phi) is 5.20. The number of hydrogen-bond donors (Lipinski definition) is 1. The van der Waals surface area contributed by atoms with Gasteiger partial charge in [0.1, 0.15) is 0 Å². The summed E-state index contributed by atoms with van der Waals surface area (Å²) < 4.78 is 0. The van der Waals surface area contributed by atoms with Gasteiger partial charge in [-0.15, -0.1) is 12.4 Å². The molecule has 0 spiro atoms. The molecule has 0 radical (unpaired) electrons. The van der Waals surface area contributed by atoms with Gasteiger partial charge in [0.05, 0.1) is 5.56 Å². The van der Waals surface area contributed by atoms with E-state index in [2.05, 4.69) is 0 Å². The summed E-state index contributed by atoms with van der Waals surface area (Å²) in [5.41, 5.74) is 1.37. The molecule has 0 saturated carbocycles. The molecule has 0 fully saturated rings. The maximum absolute atomic E-state index is 10.6. The molecule has 0 saturated heterocycles. The fraction of sp³-hybridized carbons (Fsp3) is 0.300. The molecule has 1 aromatic rings. The zero-order chi connectivity index (χ0) is 9.84. The van der Waals surface area contributed by atoms with Crippen LogP contribution in [0.15, 0.2) is 24.3 Å². The summed E-state index contributed by atoms with van der Waals surface area (Å²) in [6.45, 7) is 0.765. The summed E-state index contributed by atoms with van der Waals surface area (Å²) in [5, 5.41) is 8.73. The number of carbonyl (C=O) groups is 1. The monoisotopic (exact) mass is 215 g/mol. The van der Waals surface area contributed by atoms with Crippen molar-refractivity contribution in [1.82, 2.24) is 4.90 Å². The van der Waals surface area contributed by atoms with Crippen molar-refractivity contribution in [2.45, 2.75) is 6.54 Å². The molecule has 4 heteroatoms. The Bertz CT molecular complexity index is 313. The Morgan fingerprint density at radius 3 is 2.57 bits per heavy atom. The molecule has 1 N–H and O–H groups in total. The van der Waals surface area contributed by atoms with Gasteiger partial charge < -0.3 is 10.0 Å². The van der Waals surface area contributed by atoms with Crippen LogP contribution in [0.5, 0.6) is 0 Å². The van der Waals surface area contributed by atoms with E-state index in [1.165, 1.54) is 0 Å². The van der Waals surface area contributed by atoms with Crippen molar-refractivity contribution in [3.8, 4) is 0 Å². The standard InChI is InChI=1S/C10H13NO2.ClH/c1-11(2)7-8-4-3-5-9(6-8)10(12)13;/h3-6H,7H2,1-2H3,(H,12,13);1H. The van der Waals surface area contributed by atoms with Crippen molar-refractivity contribution in [2.75, 3.05) is 14.1 Å². The van der Waals surface area contributed by atoms with E-state index in [9.17, 15) is 4.79 Å². The molecule has 0 aliphatic carbocycles. The second-order valence-corrected chi connectivity index (χ2v) is 3.24. The van der Waals surface area contributed by atoms with Gasteiger partial charge in [0.25, 0.3) is 0 Å². The molecule has 78 valence electrons. The van der Waals surface area contributed by atoms with E-state index in [-0.39, 0.29) is 12.4 Å². The number of aromatic carboxylic acids is 1. The average molecular weight is 216 g/mol. The Morgan fingerprint density at radius 1 is 1.43 bits per heavy atom. The van der Waals surface area contributed by atoms with E-state index in [1.54, 1.807) is 18.2 Å². The lowest BCUT2D eigenvalue weighted by molar-refractivity contribution is 0.0696. The summed E-state index contributed by atoms with van der Waals surface area (Å²) >= 11 is 0. The van der Waals surface area contributed by atoms with E-state index in [4.69, 9.17) is 5.11 Å². The van der Waals surface area contributed by atoms with Crippen LogP contribution in [0.25, 0.3) is 0 Å². The highest BCUT2D eigenvalue weighted by Gasteiger charge is 2.02. The number of nitrogens with zero attached hydrogens (tertiary/aromatic N) is 1. The third kappa shape index (κ3) is 3.77. The van der Waals surface area contributed by atoms with Crippen LogP contribution < -0.4 is 0 Å². The first-order valence-corrected chi connectivity index (χ1v) is 4.06. The number of rotatable bonds is 3. The number of carboxylic acid groups (broad SMARTS) is 1. The smallest absolute Gasteiger partial charge is 0.335 e. The predicted molar refractivity (Wildman–Crippen MR) is 58.0 cm³/mol. The lowest BCUT2D eigenvalue weighted by Gasteiger charge is -2.09. The Balaban J connectivity index is 0.00000169. The zero-order valence-corrected chi connectivity index (χ0v) is 9.04. The average Bonchev–Trinajstić information content (AvgIpc) is 2.03. The molecule has 0 unspecified atom stereocenters. The van der Waals surface area contributed by atoms with Crippen LogP contribution in [0.3, 0.4) is 0 Å². The molecule has 0 aromatic heterocycles. The number of carboxylic acids is 1. The van der Waals surface area contributed by atoms with Crippen LogP contribution in [0.2, 0.25) is 0 Å². The number of hydrogen-bond acceptors (Lipinski definition) is 2. The Morgan fingerprint density at radius 2 is 2.07 bits per heavy atom. The normalized spacial score (nSPS) is 9.64. The van der Waals surface area contributed by atoms with Gasteiger partial charge in [-0.05, 0) is 31.8 Å². The van der Waals surface area contributed by atoms with E-state index in [0.717, 1.165) is 12.1 Å². The number of halogens is 1. The largest absolute Gasteiger partial charge is 0.478 e. The molecule has 0 heterocycles. The quantitative estimate of drug-likeness (QED) is 0.837. The second kappa shape index (κ2) is 5.62. The molecule has 0 aliphatic heterocycles. The Labute approximate surface area is 89.8 Å². The molecule has 0 bridgehead atoms. The van der Waals surface area contributed by atoms with E-state index >= 15 is 0 Å². The first-order valence-electron chi connectivity index (χ1n) is 4.06. The molecule has 0 atom stereocenters. The molecule has 0 aliphatic rings. The molecule has 14 heavy (non-hydrogen) atoms. The van der Waals surface area contributed by atoms with Crippen LogP contribution in [0, 0.1) is 0 Å². The minimum absolute atomic E-state index is 0. The summed E-state index contributed by atoms with van der Waals surface area (Å²) in [6, 6.07) is 6.98. The van der Waals surface area contributed by atoms with Gasteiger partial charge in [-0.3, -0.25) is 0 Å². The maximum atomic E-state index is 10.6. The van der Waals surface area contributed by atoms with Crippen LogP contribution in [-0.4, -0.2) is 30.1 Å². The second-order valence-electron chi connectivity index (χ2n) is 3.24. The summed E-state index contributed by atoms with van der Waals surface area (Å²) in [4.78, 5) is 12.6. The van der Waals surface area contributed by atoms with Crippen molar-refractivity contribution >= 4 is 18.4 Å². The summed E-state index contributed by atoms with van der Waals surface area (Å²) in [7, 11) is 3.90. The van der Waals surface area contributed by atoms with Gasteiger partial charge in [-0.25, -0.2) is 4.79 Å². The third-order valence-corrected chi connectivity index (χ3v) is 1.67. The van der Waals surface area contributed by atoms with Crippen LogP contribution in [0.1, 0.15) is 15.9 Å². The molecule has 1 rings (SSSR count). The third-order valence-electron chi connectivity index (χ3n) is 1.67. The molecule has 3 nitrogen and oxygen atoms in total. The lowest BCUT2D eigenvalue weighted by atomic mass is 10.1. The van der Waals surface area contributed by atoms with E-state index < -0.39 is 5.97 Å². The van der Waals surface area contributed by atoms with E-state index in [1.807, 2.05) is 25.1 Å². The lowest BCUT2D eigenvalue weighted by Crippen LogP contribution is -2.11.